The van der Waals surface area contributed by atoms with Crippen LogP contribution in [-0.2, 0) is 11.3 Å². The summed E-state index contributed by atoms with van der Waals surface area (Å²) in [5.41, 5.74) is 1.94. The molecular weight excluding hydrogens is 206 g/mol. The zero-order valence-corrected chi connectivity index (χ0v) is 9.67. The van der Waals surface area contributed by atoms with Gasteiger partial charge in [-0.1, -0.05) is 5.16 Å². The third-order valence-electron chi connectivity index (χ3n) is 2.99. The fraction of sp³-hybridized carbons (Fsp3) is 0.636. The Morgan fingerprint density at radius 2 is 2.38 bits per heavy atom. The summed E-state index contributed by atoms with van der Waals surface area (Å²) < 4.78 is 5.07. The number of aromatic nitrogens is 1. The standard InChI is InChI=1S/C11H17N3O2/c1-7-9(8(2)16-14-7)6-13-10-4-3-5-12-11(10)15/h10,13H,3-6H2,1-2H3,(H,12,15). The van der Waals surface area contributed by atoms with Crippen molar-refractivity contribution in [1.82, 2.24) is 15.8 Å². The monoisotopic (exact) mass is 223 g/mol. The van der Waals surface area contributed by atoms with E-state index in [0.717, 1.165) is 36.4 Å². The molecule has 0 saturated carbocycles. The highest BCUT2D eigenvalue weighted by Crippen LogP contribution is 2.12. The molecule has 0 bridgehead atoms. The van der Waals surface area contributed by atoms with Crippen molar-refractivity contribution < 1.29 is 9.32 Å². The lowest BCUT2D eigenvalue weighted by Crippen LogP contribution is -2.48. The molecule has 1 aliphatic rings. The van der Waals surface area contributed by atoms with E-state index in [1.54, 1.807) is 0 Å². The molecular formula is C11H17N3O2. The highest BCUT2D eigenvalue weighted by Gasteiger charge is 2.22. The second kappa shape index (κ2) is 4.65. The van der Waals surface area contributed by atoms with Gasteiger partial charge in [0.1, 0.15) is 5.76 Å². The van der Waals surface area contributed by atoms with Crippen LogP contribution in [0.25, 0.3) is 0 Å². The minimum atomic E-state index is -0.0811. The minimum Gasteiger partial charge on any atom is -0.361 e. The molecule has 0 aliphatic carbocycles. The molecule has 2 heterocycles. The van der Waals surface area contributed by atoms with Gasteiger partial charge in [0, 0.05) is 18.7 Å². The van der Waals surface area contributed by atoms with Gasteiger partial charge in [0.25, 0.3) is 0 Å². The maximum atomic E-state index is 11.5. The molecule has 88 valence electrons. The largest absolute Gasteiger partial charge is 0.361 e. The van der Waals surface area contributed by atoms with Crippen LogP contribution in [0.2, 0.25) is 0 Å². The molecule has 1 amide bonds. The molecule has 16 heavy (non-hydrogen) atoms. The fourth-order valence-electron chi connectivity index (χ4n) is 1.95. The van der Waals surface area contributed by atoms with Crippen molar-refractivity contribution in [2.45, 2.75) is 39.3 Å². The van der Waals surface area contributed by atoms with Gasteiger partial charge in [-0.15, -0.1) is 0 Å². The van der Waals surface area contributed by atoms with Gasteiger partial charge in [0.05, 0.1) is 11.7 Å². The minimum absolute atomic E-state index is 0.0811. The SMILES string of the molecule is Cc1noc(C)c1CNC1CCCNC1=O. The lowest BCUT2D eigenvalue weighted by atomic mass is 10.1. The fourth-order valence-corrected chi connectivity index (χ4v) is 1.95. The second-order valence-electron chi connectivity index (χ2n) is 4.17. The Morgan fingerprint density at radius 3 is 3.00 bits per heavy atom. The third kappa shape index (κ3) is 2.24. The van der Waals surface area contributed by atoms with Crippen LogP contribution < -0.4 is 10.6 Å². The van der Waals surface area contributed by atoms with Gasteiger partial charge in [-0.3, -0.25) is 4.79 Å². The molecule has 1 unspecified atom stereocenters. The number of aryl methyl sites for hydroxylation is 2. The molecule has 1 atom stereocenters. The zero-order valence-electron chi connectivity index (χ0n) is 9.67. The van der Waals surface area contributed by atoms with Crippen LogP contribution in [-0.4, -0.2) is 23.7 Å². The summed E-state index contributed by atoms with van der Waals surface area (Å²) in [4.78, 5) is 11.5. The van der Waals surface area contributed by atoms with Crippen molar-refractivity contribution in [2.75, 3.05) is 6.54 Å². The average molecular weight is 223 g/mol. The Hall–Kier alpha value is -1.36. The average Bonchev–Trinajstić information content (AvgIpc) is 2.58. The van der Waals surface area contributed by atoms with Crippen molar-refractivity contribution >= 4 is 5.91 Å². The van der Waals surface area contributed by atoms with Crippen molar-refractivity contribution in [3.05, 3.63) is 17.0 Å². The summed E-state index contributed by atoms with van der Waals surface area (Å²) >= 11 is 0. The van der Waals surface area contributed by atoms with E-state index in [1.807, 2.05) is 13.8 Å². The van der Waals surface area contributed by atoms with E-state index < -0.39 is 0 Å². The van der Waals surface area contributed by atoms with Crippen molar-refractivity contribution in [3.8, 4) is 0 Å². The van der Waals surface area contributed by atoms with Gasteiger partial charge in [-0.2, -0.15) is 0 Å². The summed E-state index contributed by atoms with van der Waals surface area (Å²) in [5.74, 6) is 0.916. The Labute approximate surface area is 94.6 Å². The highest BCUT2D eigenvalue weighted by molar-refractivity contribution is 5.82. The molecule has 5 nitrogen and oxygen atoms in total. The number of rotatable bonds is 3. The smallest absolute Gasteiger partial charge is 0.237 e. The molecule has 1 aliphatic heterocycles. The van der Waals surface area contributed by atoms with E-state index in [0.29, 0.717) is 6.54 Å². The first-order chi connectivity index (χ1) is 7.68. The first kappa shape index (κ1) is 11.1. The van der Waals surface area contributed by atoms with Crippen molar-refractivity contribution in [1.29, 1.82) is 0 Å². The Bertz CT molecular complexity index is 367. The number of amides is 1. The van der Waals surface area contributed by atoms with Crippen LogP contribution in [0, 0.1) is 13.8 Å². The number of hydrogen-bond acceptors (Lipinski definition) is 4. The maximum absolute atomic E-state index is 11.5. The summed E-state index contributed by atoms with van der Waals surface area (Å²) in [6, 6.07) is -0.0811. The first-order valence-corrected chi connectivity index (χ1v) is 5.61. The molecule has 1 fully saturated rings. The number of nitrogens with zero attached hydrogens (tertiary/aromatic N) is 1. The first-order valence-electron chi connectivity index (χ1n) is 5.61. The number of nitrogens with one attached hydrogen (secondary N) is 2. The molecule has 5 heteroatoms. The molecule has 1 aromatic heterocycles. The van der Waals surface area contributed by atoms with E-state index in [1.165, 1.54) is 0 Å². The van der Waals surface area contributed by atoms with Crippen LogP contribution in [0.4, 0.5) is 0 Å². The van der Waals surface area contributed by atoms with Gasteiger partial charge in [-0.25, -0.2) is 0 Å². The van der Waals surface area contributed by atoms with Crippen molar-refractivity contribution in [3.63, 3.8) is 0 Å². The third-order valence-corrected chi connectivity index (χ3v) is 2.99. The summed E-state index contributed by atoms with van der Waals surface area (Å²) in [7, 11) is 0. The lowest BCUT2D eigenvalue weighted by Gasteiger charge is -2.22. The van der Waals surface area contributed by atoms with Crippen LogP contribution >= 0.6 is 0 Å². The van der Waals surface area contributed by atoms with Crippen LogP contribution in [0.15, 0.2) is 4.52 Å². The molecule has 2 N–H and O–H groups in total. The predicted molar refractivity (Wildman–Crippen MR) is 58.8 cm³/mol. The molecule has 1 saturated heterocycles. The Balaban J connectivity index is 1.94. The predicted octanol–water partition coefficient (Wildman–Crippen LogP) is 0.660. The summed E-state index contributed by atoms with van der Waals surface area (Å²) in [5, 5.41) is 9.98. The van der Waals surface area contributed by atoms with Crippen LogP contribution in [0.1, 0.15) is 29.9 Å². The number of piperidine rings is 1. The Morgan fingerprint density at radius 1 is 1.56 bits per heavy atom. The van der Waals surface area contributed by atoms with E-state index in [2.05, 4.69) is 15.8 Å². The quantitative estimate of drug-likeness (QED) is 0.790. The Kier molecular flexibility index (Phi) is 3.24. The van der Waals surface area contributed by atoms with Gasteiger partial charge >= 0.3 is 0 Å². The normalized spacial score (nSPS) is 20.9. The van der Waals surface area contributed by atoms with E-state index >= 15 is 0 Å². The molecule has 0 aromatic carbocycles. The number of hydrogen-bond donors (Lipinski definition) is 2. The van der Waals surface area contributed by atoms with E-state index in [9.17, 15) is 4.79 Å². The van der Waals surface area contributed by atoms with E-state index in [4.69, 9.17) is 4.52 Å². The van der Waals surface area contributed by atoms with Crippen molar-refractivity contribution in [2.24, 2.45) is 0 Å². The topological polar surface area (TPSA) is 67.2 Å². The van der Waals surface area contributed by atoms with Gasteiger partial charge < -0.3 is 15.2 Å². The van der Waals surface area contributed by atoms with Gasteiger partial charge in [0.15, 0.2) is 0 Å². The molecule has 0 radical (unpaired) electrons. The summed E-state index contributed by atoms with van der Waals surface area (Å²) in [6.45, 7) is 5.23. The highest BCUT2D eigenvalue weighted by atomic mass is 16.5. The number of carbonyl (C=O) groups is 1. The van der Waals surface area contributed by atoms with Gasteiger partial charge in [0.2, 0.25) is 5.91 Å². The lowest BCUT2D eigenvalue weighted by molar-refractivity contribution is -0.124. The molecule has 1 aromatic rings. The second-order valence-corrected chi connectivity index (χ2v) is 4.17. The number of carbonyl (C=O) groups excluding carboxylic acids is 1. The van der Waals surface area contributed by atoms with Gasteiger partial charge in [-0.05, 0) is 26.7 Å². The van der Waals surface area contributed by atoms with Crippen LogP contribution in [0.5, 0.6) is 0 Å². The maximum Gasteiger partial charge on any atom is 0.237 e. The molecule has 2 rings (SSSR count). The zero-order chi connectivity index (χ0) is 11.5. The summed E-state index contributed by atoms with van der Waals surface area (Å²) in [6.07, 6.45) is 1.93. The van der Waals surface area contributed by atoms with E-state index in [-0.39, 0.29) is 11.9 Å². The molecule has 0 spiro atoms. The van der Waals surface area contributed by atoms with Crippen LogP contribution in [0.3, 0.4) is 0 Å².